The van der Waals surface area contributed by atoms with Crippen LogP contribution in [0.5, 0.6) is 5.75 Å². The van der Waals surface area contributed by atoms with Crippen LogP contribution in [0.25, 0.3) is 6.08 Å². The van der Waals surface area contributed by atoms with Crippen molar-refractivity contribution >= 4 is 67.7 Å². The minimum absolute atomic E-state index is 0.0729. The third-order valence-corrected chi connectivity index (χ3v) is 7.07. The molecular formula is C22H14ClNO4S3. The molecule has 1 heterocycles. The van der Waals surface area contributed by atoms with Gasteiger partial charge in [-0.25, -0.2) is 0 Å². The van der Waals surface area contributed by atoms with Gasteiger partial charge in [-0.1, -0.05) is 72.0 Å². The molecule has 3 aromatic carbocycles. The Morgan fingerprint density at radius 2 is 1.68 bits per heavy atom. The van der Waals surface area contributed by atoms with Crippen LogP contribution in [0.4, 0.5) is 5.69 Å². The number of rotatable bonds is 5. The average Bonchev–Trinajstić information content (AvgIpc) is 3.03. The first-order chi connectivity index (χ1) is 14.8. The lowest BCUT2D eigenvalue weighted by atomic mass is 10.2. The SMILES string of the molecule is O=C1/C(=C/c2ccc(OS(=O)(=O)c3ccccc3)cc2)SC(=S)N1c1cccc(Cl)c1. The van der Waals surface area contributed by atoms with E-state index in [1.165, 1.54) is 40.9 Å². The summed E-state index contributed by atoms with van der Waals surface area (Å²) in [7, 11) is -3.91. The van der Waals surface area contributed by atoms with Crippen molar-refractivity contribution in [2.24, 2.45) is 0 Å². The molecule has 0 saturated carbocycles. The number of hydrogen-bond acceptors (Lipinski definition) is 6. The molecule has 0 unspecified atom stereocenters. The lowest BCUT2D eigenvalue weighted by Crippen LogP contribution is -2.27. The normalized spacial score (nSPS) is 15.5. The monoisotopic (exact) mass is 487 g/mol. The number of hydrogen-bond donors (Lipinski definition) is 0. The molecule has 0 atom stereocenters. The number of benzene rings is 3. The van der Waals surface area contributed by atoms with E-state index in [2.05, 4.69) is 0 Å². The molecule has 4 rings (SSSR count). The van der Waals surface area contributed by atoms with E-state index < -0.39 is 10.1 Å². The Labute approximate surface area is 194 Å². The van der Waals surface area contributed by atoms with Crippen molar-refractivity contribution in [2.75, 3.05) is 4.90 Å². The van der Waals surface area contributed by atoms with Crippen molar-refractivity contribution < 1.29 is 17.4 Å². The molecule has 5 nitrogen and oxygen atoms in total. The Morgan fingerprint density at radius 3 is 2.35 bits per heavy atom. The highest BCUT2D eigenvalue weighted by atomic mass is 35.5. The summed E-state index contributed by atoms with van der Waals surface area (Å²) in [5.74, 6) is -0.0725. The van der Waals surface area contributed by atoms with Gasteiger partial charge in [0.05, 0.1) is 10.6 Å². The molecule has 0 aromatic heterocycles. The second-order valence-corrected chi connectivity index (χ2v) is 10.1. The van der Waals surface area contributed by atoms with Crippen LogP contribution in [-0.2, 0) is 14.9 Å². The van der Waals surface area contributed by atoms with E-state index in [4.69, 9.17) is 28.0 Å². The van der Waals surface area contributed by atoms with Gasteiger partial charge in [-0.3, -0.25) is 9.69 Å². The van der Waals surface area contributed by atoms with Crippen LogP contribution >= 0.6 is 35.6 Å². The molecule has 1 amide bonds. The molecule has 1 saturated heterocycles. The Hall–Kier alpha value is -2.65. The molecule has 31 heavy (non-hydrogen) atoms. The number of amides is 1. The van der Waals surface area contributed by atoms with E-state index >= 15 is 0 Å². The zero-order valence-electron chi connectivity index (χ0n) is 15.8. The topological polar surface area (TPSA) is 63.7 Å². The summed E-state index contributed by atoms with van der Waals surface area (Å²) >= 11 is 12.6. The Balaban J connectivity index is 1.52. The largest absolute Gasteiger partial charge is 0.379 e. The maximum atomic E-state index is 12.8. The highest BCUT2D eigenvalue weighted by molar-refractivity contribution is 8.27. The second kappa shape index (κ2) is 8.84. The van der Waals surface area contributed by atoms with Gasteiger partial charge in [0.15, 0.2) is 4.32 Å². The molecule has 0 N–H and O–H groups in total. The van der Waals surface area contributed by atoms with E-state index in [1.807, 2.05) is 0 Å². The standard InChI is InChI=1S/C22H14ClNO4S3/c23-16-5-4-6-17(14-16)24-21(25)20(30-22(24)29)13-15-9-11-18(12-10-15)28-31(26,27)19-7-2-1-3-8-19/h1-14H/b20-13-. The number of thioether (sulfide) groups is 1. The Bertz CT molecular complexity index is 1290. The van der Waals surface area contributed by atoms with E-state index in [1.54, 1.807) is 60.7 Å². The predicted molar refractivity (Wildman–Crippen MR) is 128 cm³/mol. The molecule has 0 spiro atoms. The second-order valence-electron chi connectivity index (χ2n) is 6.42. The molecule has 1 fully saturated rings. The smallest absolute Gasteiger partial charge is 0.339 e. The van der Waals surface area contributed by atoms with Crippen LogP contribution in [0.2, 0.25) is 5.02 Å². The zero-order chi connectivity index (χ0) is 22.0. The first kappa shape index (κ1) is 21.6. The summed E-state index contributed by atoms with van der Waals surface area (Å²) in [5.41, 5.74) is 1.31. The van der Waals surface area contributed by atoms with E-state index in [-0.39, 0.29) is 16.6 Å². The molecule has 1 aliphatic rings. The molecule has 0 bridgehead atoms. The molecule has 156 valence electrons. The molecule has 0 radical (unpaired) electrons. The molecule has 3 aromatic rings. The molecular weight excluding hydrogens is 474 g/mol. The van der Waals surface area contributed by atoms with Gasteiger partial charge >= 0.3 is 10.1 Å². The summed E-state index contributed by atoms with van der Waals surface area (Å²) in [6.45, 7) is 0. The first-order valence-electron chi connectivity index (χ1n) is 8.97. The van der Waals surface area contributed by atoms with Crippen LogP contribution in [0.15, 0.2) is 88.7 Å². The van der Waals surface area contributed by atoms with Gasteiger partial charge in [-0.15, -0.1) is 0 Å². The van der Waals surface area contributed by atoms with Gasteiger partial charge in [-0.2, -0.15) is 8.42 Å². The average molecular weight is 488 g/mol. The Kier molecular flexibility index (Phi) is 6.15. The van der Waals surface area contributed by atoms with Crippen molar-refractivity contribution in [3.05, 3.63) is 94.4 Å². The van der Waals surface area contributed by atoms with E-state index in [0.717, 1.165) is 0 Å². The van der Waals surface area contributed by atoms with Crippen molar-refractivity contribution in [1.29, 1.82) is 0 Å². The fraction of sp³-hybridized carbons (Fsp3) is 0. The van der Waals surface area contributed by atoms with Crippen molar-refractivity contribution in [1.82, 2.24) is 0 Å². The van der Waals surface area contributed by atoms with Gasteiger partial charge < -0.3 is 4.18 Å². The quantitative estimate of drug-likeness (QED) is 0.268. The van der Waals surface area contributed by atoms with Crippen LogP contribution in [-0.4, -0.2) is 18.6 Å². The fourth-order valence-corrected chi connectivity index (χ4v) is 5.27. The van der Waals surface area contributed by atoms with Crippen molar-refractivity contribution in [2.45, 2.75) is 4.90 Å². The summed E-state index contributed by atoms with van der Waals surface area (Å²) in [6, 6.07) is 21.2. The van der Waals surface area contributed by atoms with Gasteiger partial charge in [0.1, 0.15) is 10.6 Å². The first-order valence-corrected chi connectivity index (χ1v) is 12.0. The lowest BCUT2D eigenvalue weighted by molar-refractivity contribution is -0.113. The fourth-order valence-electron chi connectivity index (χ4n) is 2.84. The van der Waals surface area contributed by atoms with Crippen LogP contribution < -0.4 is 9.08 Å². The molecule has 9 heteroatoms. The van der Waals surface area contributed by atoms with E-state index in [0.29, 0.717) is 25.5 Å². The molecule has 1 aliphatic heterocycles. The van der Waals surface area contributed by atoms with Crippen molar-refractivity contribution in [3.63, 3.8) is 0 Å². The lowest BCUT2D eigenvalue weighted by Gasteiger charge is -2.14. The molecule has 0 aliphatic carbocycles. The van der Waals surface area contributed by atoms with Gasteiger partial charge in [0.2, 0.25) is 0 Å². The number of anilines is 1. The predicted octanol–water partition coefficient (Wildman–Crippen LogP) is 5.51. The number of carbonyl (C=O) groups excluding carboxylic acids is 1. The zero-order valence-corrected chi connectivity index (χ0v) is 19.0. The maximum Gasteiger partial charge on any atom is 0.339 e. The highest BCUT2D eigenvalue weighted by Crippen LogP contribution is 2.36. The summed E-state index contributed by atoms with van der Waals surface area (Å²) < 4.78 is 30.2. The highest BCUT2D eigenvalue weighted by Gasteiger charge is 2.33. The third-order valence-electron chi connectivity index (χ3n) is 4.28. The third kappa shape index (κ3) is 4.83. The van der Waals surface area contributed by atoms with Gasteiger partial charge in [0.25, 0.3) is 5.91 Å². The Morgan fingerprint density at radius 1 is 0.968 bits per heavy atom. The minimum Gasteiger partial charge on any atom is -0.379 e. The maximum absolute atomic E-state index is 12.8. The number of halogens is 1. The number of thiocarbonyl (C=S) groups is 1. The number of carbonyl (C=O) groups is 1. The summed E-state index contributed by atoms with van der Waals surface area (Å²) in [4.78, 5) is 14.8. The van der Waals surface area contributed by atoms with Gasteiger partial charge in [-0.05, 0) is 54.1 Å². The minimum atomic E-state index is -3.91. The summed E-state index contributed by atoms with van der Waals surface area (Å²) in [6.07, 6.45) is 1.69. The van der Waals surface area contributed by atoms with Crippen LogP contribution in [0, 0.1) is 0 Å². The van der Waals surface area contributed by atoms with Crippen LogP contribution in [0.1, 0.15) is 5.56 Å². The van der Waals surface area contributed by atoms with E-state index in [9.17, 15) is 13.2 Å². The number of nitrogens with zero attached hydrogens (tertiary/aromatic N) is 1. The van der Waals surface area contributed by atoms with Crippen LogP contribution in [0.3, 0.4) is 0 Å². The summed E-state index contributed by atoms with van der Waals surface area (Å²) in [5, 5.41) is 0.511. The van der Waals surface area contributed by atoms with Crippen molar-refractivity contribution in [3.8, 4) is 5.75 Å². The van der Waals surface area contributed by atoms with Gasteiger partial charge in [0, 0.05) is 5.02 Å².